The van der Waals surface area contributed by atoms with Gasteiger partial charge in [-0.3, -0.25) is 0 Å². The summed E-state index contributed by atoms with van der Waals surface area (Å²) in [6, 6.07) is 16.3. The first-order valence-corrected chi connectivity index (χ1v) is 12.3. The number of aromatic nitrogens is 1. The van der Waals surface area contributed by atoms with Crippen LogP contribution in [0.15, 0.2) is 65.2 Å². The number of aliphatic carboxylic acids is 2. The minimum atomic E-state index is -1.26. The monoisotopic (exact) mass is 514 g/mol. The van der Waals surface area contributed by atoms with Crippen LogP contribution in [0.4, 0.5) is 0 Å². The maximum atomic E-state index is 9.55. The number of carbonyl (C=O) groups is 2. The van der Waals surface area contributed by atoms with Crippen LogP contribution < -0.4 is 4.74 Å². The molecule has 1 saturated heterocycles. The van der Waals surface area contributed by atoms with E-state index in [2.05, 4.69) is 47.3 Å². The number of carboxylic acid groups (broad SMARTS) is 2. The fourth-order valence-electron chi connectivity index (χ4n) is 4.16. The van der Waals surface area contributed by atoms with Crippen molar-refractivity contribution < 1.29 is 29.1 Å². The molecule has 1 aliphatic heterocycles. The molecule has 8 nitrogen and oxygen atoms in total. The molecule has 192 valence electrons. The zero-order valence-electron chi connectivity index (χ0n) is 20.2. The number of halogens is 1. The van der Waals surface area contributed by atoms with Gasteiger partial charge in [0.2, 0.25) is 0 Å². The molecule has 1 aliphatic rings. The van der Waals surface area contributed by atoms with E-state index < -0.39 is 11.9 Å². The highest BCUT2D eigenvalue weighted by atomic mass is 35.5. The minimum Gasteiger partial charge on any atom is -0.478 e. The smallest absolute Gasteiger partial charge is 0.328 e. The summed E-state index contributed by atoms with van der Waals surface area (Å²) in [6.07, 6.45) is 4.71. The Morgan fingerprint density at radius 1 is 1.14 bits per heavy atom. The molecule has 2 heterocycles. The molecule has 36 heavy (non-hydrogen) atoms. The fraction of sp³-hybridized carbons (Fsp3) is 0.370. The summed E-state index contributed by atoms with van der Waals surface area (Å²) in [4.78, 5) is 21.7. The number of benzene rings is 2. The Morgan fingerprint density at radius 2 is 1.81 bits per heavy atom. The third kappa shape index (κ3) is 8.70. The predicted octanol–water partition coefficient (Wildman–Crippen LogP) is 5.16. The number of carboxylic acids is 2. The van der Waals surface area contributed by atoms with E-state index >= 15 is 0 Å². The van der Waals surface area contributed by atoms with E-state index in [1.807, 2.05) is 12.1 Å². The first-order valence-electron chi connectivity index (χ1n) is 11.9. The molecule has 0 radical (unpaired) electrons. The predicted molar refractivity (Wildman–Crippen MR) is 137 cm³/mol. The van der Waals surface area contributed by atoms with Crippen LogP contribution in [0.25, 0.3) is 11.0 Å². The molecule has 0 amide bonds. The molecule has 2 N–H and O–H groups in total. The largest absolute Gasteiger partial charge is 0.478 e. The van der Waals surface area contributed by atoms with E-state index in [1.165, 1.54) is 31.5 Å². The van der Waals surface area contributed by atoms with Crippen molar-refractivity contribution in [3.8, 4) is 5.88 Å². The molecule has 9 heteroatoms. The molecule has 4 rings (SSSR count). The van der Waals surface area contributed by atoms with E-state index in [0.717, 1.165) is 18.4 Å². The van der Waals surface area contributed by atoms with Crippen LogP contribution in [0, 0.1) is 11.8 Å². The van der Waals surface area contributed by atoms with Gasteiger partial charge in [-0.05, 0) is 67.0 Å². The molecular formula is C27H31ClN2O6. The molecule has 1 unspecified atom stereocenters. The summed E-state index contributed by atoms with van der Waals surface area (Å²) in [5, 5.41) is 21.2. The lowest BCUT2D eigenvalue weighted by molar-refractivity contribution is -0.134. The molecule has 1 atom stereocenters. The molecule has 0 spiro atoms. The van der Waals surface area contributed by atoms with Gasteiger partial charge in [0.15, 0.2) is 5.58 Å². The Balaban J connectivity index is 0.000000392. The van der Waals surface area contributed by atoms with Gasteiger partial charge in [-0.1, -0.05) is 48.9 Å². The summed E-state index contributed by atoms with van der Waals surface area (Å²) in [7, 11) is 0. The van der Waals surface area contributed by atoms with Crippen molar-refractivity contribution in [2.24, 2.45) is 11.8 Å². The lowest BCUT2D eigenvalue weighted by Gasteiger charge is -2.34. The lowest BCUT2D eigenvalue weighted by Crippen LogP contribution is -2.37. The summed E-state index contributed by atoms with van der Waals surface area (Å²) < 4.78 is 11.3. The van der Waals surface area contributed by atoms with Crippen molar-refractivity contribution in [2.45, 2.75) is 26.2 Å². The third-order valence-corrected chi connectivity index (χ3v) is 6.48. The van der Waals surface area contributed by atoms with Crippen LogP contribution in [0.2, 0.25) is 5.02 Å². The lowest BCUT2D eigenvalue weighted by atomic mass is 9.86. The van der Waals surface area contributed by atoms with E-state index in [1.54, 1.807) is 6.07 Å². The van der Waals surface area contributed by atoms with Crippen LogP contribution in [0.3, 0.4) is 0 Å². The van der Waals surface area contributed by atoms with Gasteiger partial charge >= 0.3 is 11.9 Å². The SMILES string of the molecule is CC(COc1noc2cc(Cl)ccc12)C1CCN(CCc2ccccc2)CC1.O=C(O)C=CC(=O)O. The first kappa shape index (κ1) is 27.2. The molecule has 3 aromatic rings. The molecule has 1 fully saturated rings. The van der Waals surface area contributed by atoms with Gasteiger partial charge in [0.1, 0.15) is 0 Å². The second-order valence-corrected chi connectivity index (χ2v) is 9.28. The zero-order valence-corrected chi connectivity index (χ0v) is 20.9. The van der Waals surface area contributed by atoms with E-state index in [9.17, 15) is 9.59 Å². The molecule has 0 aliphatic carbocycles. The number of rotatable bonds is 9. The maximum absolute atomic E-state index is 9.55. The number of hydrogen-bond acceptors (Lipinski definition) is 6. The van der Waals surface area contributed by atoms with E-state index in [4.69, 9.17) is 31.1 Å². The van der Waals surface area contributed by atoms with Crippen molar-refractivity contribution in [1.29, 1.82) is 0 Å². The van der Waals surface area contributed by atoms with Crippen molar-refractivity contribution in [3.05, 3.63) is 71.3 Å². The third-order valence-electron chi connectivity index (χ3n) is 6.25. The number of hydrogen-bond donors (Lipinski definition) is 2. The van der Waals surface area contributed by atoms with E-state index in [-0.39, 0.29) is 0 Å². The summed E-state index contributed by atoms with van der Waals surface area (Å²) in [6.45, 7) is 6.44. The van der Waals surface area contributed by atoms with Gasteiger partial charge in [0.05, 0.1) is 12.0 Å². The van der Waals surface area contributed by atoms with Crippen molar-refractivity contribution in [3.63, 3.8) is 0 Å². The highest BCUT2D eigenvalue weighted by Gasteiger charge is 2.24. The van der Waals surface area contributed by atoms with Crippen molar-refractivity contribution >= 4 is 34.5 Å². The fourth-order valence-corrected chi connectivity index (χ4v) is 4.32. The van der Waals surface area contributed by atoms with Gasteiger partial charge in [0, 0.05) is 29.8 Å². The summed E-state index contributed by atoms with van der Waals surface area (Å²) in [5.41, 5.74) is 2.09. The zero-order chi connectivity index (χ0) is 25.9. The van der Waals surface area contributed by atoms with Crippen LogP contribution >= 0.6 is 11.6 Å². The Bertz CT molecular complexity index is 1140. The quantitative estimate of drug-likeness (QED) is 0.376. The summed E-state index contributed by atoms with van der Waals surface area (Å²) >= 11 is 5.99. The molecule has 1 aromatic heterocycles. The van der Waals surface area contributed by atoms with Crippen LogP contribution in [-0.2, 0) is 16.0 Å². The first-order chi connectivity index (χ1) is 17.3. The van der Waals surface area contributed by atoms with Crippen LogP contribution in [0.1, 0.15) is 25.3 Å². The highest BCUT2D eigenvalue weighted by molar-refractivity contribution is 6.31. The average Bonchev–Trinajstić information content (AvgIpc) is 3.28. The second kappa shape index (κ2) is 13.7. The normalized spacial score (nSPS) is 15.4. The van der Waals surface area contributed by atoms with Crippen molar-refractivity contribution in [2.75, 3.05) is 26.2 Å². The molecule has 0 bridgehead atoms. The van der Waals surface area contributed by atoms with Crippen LogP contribution in [-0.4, -0.2) is 58.4 Å². The number of likely N-dealkylation sites (tertiary alicyclic amines) is 1. The van der Waals surface area contributed by atoms with Gasteiger partial charge in [-0.25, -0.2) is 9.59 Å². The van der Waals surface area contributed by atoms with Gasteiger partial charge < -0.3 is 24.4 Å². The highest BCUT2D eigenvalue weighted by Crippen LogP contribution is 2.30. The maximum Gasteiger partial charge on any atom is 0.328 e. The Labute approximate surface area is 215 Å². The average molecular weight is 515 g/mol. The van der Waals surface area contributed by atoms with Gasteiger partial charge in [0.25, 0.3) is 5.88 Å². The van der Waals surface area contributed by atoms with E-state index in [0.29, 0.717) is 47.1 Å². The van der Waals surface area contributed by atoms with Gasteiger partial charge in [-0.2, -0.15) is 0 Å². The number of nitrogens with zero attached hydrogens (tertiary/aromatic N) is 2. The van der Waals surface area contributed by atoms with Crippen LogP contribution in [0.5, 0.6) is 5.88 Å². The Kier molecular flexibility index (Phi) is 10.3. The summed E-state index contributed by atoms with van der Waals surface area (Å²) in [5.74, 6) is -0.755. The number of piperidine rings is 1. The molecule has 2 aromatic carbocycles. The molecular weight excluding hydrogens is 484 g/mol. The van der Waals surface area contributed by atoms with Crippen molar-refractivity contribution in [1.82, 2.24) is 10.1 Å². The Hall–Kier alpha value is -3.36. The topological polar surface area (TPSA) is 113 Å². The molecule has 0 saturated carbocycles. The standard InChI is InChI=1S/C23H27ClN2O2.C4H4O4/c1-17(16-27-23-21-8-7-20(24)15-22(21)28-25-23)19-10-13-26(14-11-19)12-9-18-5-3-2-4-6-18;5-3(6)1-2-4(7)8/h2-8,15,17,19H,9-14,16H2,1H3;1-2H,(H,5,6)(H,7,8). The minimum absolute atomic E-state index is 0.496. The number of ether oxygens (including phenoxy) is 1. The Morgan fingerprint density at radius 3 is 2.44 bits per heavy atom. The number of fused-ring (bicyclic) bond motifs is 1. The van der Waals surface area contributed by atoms with Gasteiger partial charge in [-0.15, -0.1) is 0 Å². The second-order valence-electron chi connectivity index (χ2n) is 8.84.